The Morgan fingerprint density at radius 1 is 1.10 bits per heavy atom. The van der Waals surface area contributed by atoms with Gasteiger partial charge in [-0.1, -0.05) is 13.8 Å². The number of amides is 1. The van der Waals surface area contributed by atoms with Crippen LogP contribution in [0.5, 0.6) is 11.6 Å². The number of methoxy groups -OCH3 is 1. The van der Waals surface area contributed by atoms with Gasteiger partial charge in [-0.25, -0.2) is 19.0 Å². The molecule has 4 rings (SSSR count). The summed E-state index contributed by atoms with van der Waals surface area (Å²) in [6, 6.07) is 4.18. The molecule has 2 aliphatic rings. The van der Waals surface area contributed by atoms with Crippen LogP contribution in [-0.2, 0) is 14.3 Å². The van der Waals surface area contributed by atoms with E-state index in [-0.39, 0.29) is 34.6 Å². The highest BCUT2D eigenvalue weighted by Gasteiger charge is 2.50. The summed E-state index contributed by atoms with van der Waals surface area (Å²) in [7, 11) is 3.70. The quantitative estimate of drug-likeness (QED) is 0.202. The number of ether oxygens (including phenoxy) is 2. The molecule has 2 fully saturated rings. The first kappa shape index (κ1) is 42.2. The van der Waals surface area contributed by atoms with Gasteiger partial charge in [0, 0.05) is 82.6 Å². The van der Waals surface area contributed by atoms with Crippen LogP contribution >= 0.6 is 0 Å². The second-order valence-electron chi connectivity index (χ2n) is 14.1. The molecule has 1 aromatic heterocycles. The normalized spacial score (nSPS) is 16.6. The van der Waals surface area contributed by atoms with Crippen molar-refractivity contribution in [2.45, 2.75) is 65.6 Å². The van der Waals surface area contributed by atoms with Crippen molar-refractivity contribution in [3.8, 4) is 11.6 Å². The number of carboxylic acids is 2. The molecule has 0 saturated carbocycles. The molecular weight excluding hydrogens is 677 g/mol. The standard InChI is InChI=1S/C32H50FN7O4.C4H4O4/c1-8-40(23(4)5)31(42)26-15-24(33)9-10-28(26)44-30-29(34-21-35-36-30)38-12-11-32(18-38)19-39(20-32)27(22(2)3)16-25(41)17-37(6)13-14-43-7;5-3(6)1-2-4(7)8/h9-10,15,21-23,25,27,41H,8,11-14,16-20H2,1-7H3;1-2H,(H,5,6)(H,7,8)/b;2-1+/t25-,27?;/m1./s1. The van der Waals surface area contributed by atoms with Crippen LogP contribution in [0.25, 0.3) is 0 Å². The summed E-state index contributed by atoms with van der Waals surface area (Å²) in [6.45, 7) is 16.2. The zero-order chi connectivity index (χ0) is 38.6. The minimum absolute atomic E-state index is 0.0546. The average Bonchev–Trinajstić information content (AvgIpc) is 3.52. The molecule has 0 aliphatic carbocycles. The third-order valence-corrected chi connectivity index (χ3v) is 9.31. The maximum Gasteiger partial charge on any atom is 0.328 e. The van der Waals surface area contributed by atoms with Gasteiger partial charge in [0.1, 0.15) is 17.9 Å². The van der Waals surface area contributed by atoms with Crippen LogP contribution in [0.4, 0.5) is 10.2 Å². The zero-order valence-corrected chi connectivity index (χ0v) is 31.2. The summed E-state index contributed by atoms with van der Waals surface area (Å²) in [4.78, 5) is 45.4. The van der Waals surface area contributed by atoms with Crippen LogP contribution in [0.15, 0.2) is 36.7 Å². The number of benzene rings is 1. The molecule has 1 aromatic carbocycles. The van der Waals surface area contributed by atoms with Crippen molar-refractivity contribution in [1.82, 2.24) is 29.9 Å². The monoisotopic (exact) mass is 731 g/mol. The Kier molecular flexibility index (Phi) is 15.9. The number of halogens is 1. The molecule has 15 nitrogen and oxygen atoms in total. The highest BCUT2D eigenvalue weighted by Crippen LogP contribution is 2.44. The van der Waals surface area contributed by atoms with Crippen molar-refractivity contribution < 1.29 is 43.6 Å². The predicted molar refractivity (Wildman–Crippen MR) is 192 cm³/mol. The van der Waals surface area contributed by atoms with Gasteiger partial charge in [0.2, 0.25) is 0 Å². The fourth-order valence-electron chi connectivity index (χ4n) is 6.76. The summed E-state index contributed by atoms with van der Waals surface area (Å²) >= 11 is 0. The molecule has 2 saturated heterocycles. The third-order valence-electron chi connectivity index (χ3n) is 9.31. The number of carboxylic acid groups (broad SMARTS) is 2. The van der Waals surface area contributed by atoms with Crippen molar-refractivity contribution in [2.24, 2.45) is 11.3 Å². The molecule has 2 aromatic rings. The largest absolute Gasteiger partial charge is 0.478 e. The van der Waals surface area contributed by atoms with Gasteiger partial charge in [-0.15, -0.1) is 10.2 Å². The van der Waals surface area contributed by atoms with Crippen molar-refractivity contribution in [2.75, 3.05) is 71.5 Å². The number of likely N-dealkylation sites (N-methyl/N-ethyl adjacent to an activating group) is 1. The van der Waals surface area contributed by atoms with E-state index in [1.165, 1.54) is 24.5 Å². The fraction of sp³-hybridized carbons (Fsp3) is 0.611. The highest BCUT2D eigenvalue weighted by atomic mass is 19.1. The number of aliphatic carboxylic acids is 2. The van der Waals surface area contributed by atoms with E-state index in [1.54, 1.807) is 12.0 Å². The molecule has 16 heteroatoms. The van der Waals surface area contributed by atoms with Crippen LogP contribution in [0, 0.1) is 17.2 Å². The predicted octanol–water partition coefficient (Wildman–Crippen LogP) is 3.25. The third kappa shape index (κ3) is 11.9. The second-order valence-corrected chi connectivity index (χ2v) is 14.1. The molecule has 2 atom stereocenters. The highest BCUT2D eigenvalue weighted by molar-refractivity contribution is 5.97. The molecule has 3 N–H and O–H groups in total. The van der Waals surface area contributed by atoms with E-state index in [4.69, 9.17) is 19.7 Å². The van der Waals surface area contributed by atoms with Crippen LogP contribution in [-0.4, -0.2) is 148 Å². The van der Waals surface area contributed by atoms with Crippen LogP contribution in [0.1, 0.15) is 57.8 Å². The van der Waals surface area contributed by atoms with Crippen molar-refractivity contribution >= 4 is 23.7 Å². The number of hydrogen-bond donors (Lipinski definition) is 3. The summed E-state index contributed by atoms with van der Waals surface area (Å²) in [5.41, 5.74) is 0.252. The zero-order valence-electron chi connectivity index (χ0n) is 31.2. The Balaban J connectivity index is 0.000000815. The van der Waals surface area contributed by atoms with E-state index in [1.807, 2.05) is 27.8 Å². The first-order valence-electron chi connectivity index (χ1n) is 17.5. The van der Waals surface area contributed by atoms with E-state index in [9.17, 15) is 23.9 Å². The summed E-state index contributed by atoms with van der Waals surface area (Å²) in [5, 5.41) is 34.7. The number of anilines is 1. The number of aromatic nitrogens is 3. The lowest BCUT2D eigenvalue weighted by atomic mass is 9.76. The van der Waals surface area contributed by atoms with Gasteiger partial charge in [0.05, 0.1) is 18.3 Å². The van der Waals surface area contributed by atoms with Crippen LogP contribution < -0.4 is 9.64 Å². The lowest BCUT2D eigenvalue weighted by Crippen LogP contribution is -2.62. The SMILES string of the molecule is CCN(C(=O)c1cc(F)ccc1Oc1nncnc1N1CCC2(C1)CN(C(C[C@@H](O)CN(C)CCOC)C(C)C)C2)C(C)C.O=C(O)/C=C/C(=O)O. The maximum absolute atomic E-state index is 14.3. The summed E-state index contributed by atoms with van der Waals surface area (Å²) in [6.07, 6.45) is 3.84. The van der Waals surface area contributed by atoms with Crippen molar-refractivity contribution in [3.05, 3.63) is 48.1 Å². The number of nitrogens with zero attached hydrogens (tertiary/aromatic N) is 7. The molecule has 1 amide bonds. The molecule has 0 bridgehead atoms. The van der Waals surface area contributed by atoms with Gasteiger partial charge in [0.25, 0.3) is 11.8 Å². The Morgan fingerprint density at radius 3 is 2.35 bits per heavy atom. The molecular formula is C36H54FN7O8. The molecule has 1 unspecified atom stereocenters. The topological polar surface area (TPSA) is 182 Å². The van der Waals surface area contributed by atoms with Gasteiger partial charge in [-0.3, -0.25) is 9.69 Å². The lowest BCUT2D eigenvalue weighted by Gasteiger charge is -2.53. The number of rotatable bonds is 17. The van der Waals surface area contributed by atoms with Gasteiger partial charge in [-0.05, 0) is 64.8 Å². The van der Waals surface area contributed by atoms with Crippen molar-refractivity contribution in [1.29, 1.82) is 0 Å². The smallest absolute Gasteiger partial charge is 0.328 e. The average molecular weight is 732 g/mol. The minimum Gasteiger partial charge on any atom is -0.478 e. The van der Waals surface area contributed by atoms with Crippen molar-refractivity contribution in [3.63, 3.8) is 0 Å². The van der Waals surface area contributed by atoms with Crippen LogP contribution in [0.3, 0.4) is 0 Å². The first-order valence-corrected chi connectivity index (χ1v) is 17.5. The fourth-order valence-corrected chi connectivity index (χ4v) is 6.76. The second kappa shape index (κ2) is 19.5. The molecule has 3 heterocycles. The number of aliphatic hydroxyl groups excluding tert-OH is 1. The van der Waals surface area contributed by atoms with Gasteiger partial charge in [-0.2, -0.15) is 0 Å². The lowest BCUT2D eigenvalue weighted by molar-refractivity contribution is -0.134. The number of carbonyl (C=O) groups is 3. The van der Waals surface area contributed by atoms with Gasteiger partial charge < -0.3 is 39.5 Å². The van der Waals surface area contributed by atoms with Crippen LogP contribution in [0.2, 0.25) is 0 Å². The van der Waals surface area contributed by atoms with E-state index >= 15 is 0 Å². The number of likely N-dealkylation sites (tertiary alicyclic amines) is 1. The van der Waals surface area contributed by atoms with E-state index in [0.717, 1.165) is 45.6 Å². The number of carbonyl (C=O) groups excluding carboxylic acids is 1. The minimum atomic E-state index is -1.26. The van der Waals surface area contributed by atoms with Gasteiger partial charge >= 0.3 is 11.9 Å². The Morgan fingerprint density at radius 2 is 1.77 bits per heavy atom. The van der Waals surface area contributed by atoms with E-state index in [0.29, 0.717) is 49.6 Å². The van der Waals surface area contributed by atoms with E-state index in [2.05, 4.69) is 43.7 Å². The number of aliphatic hydroxyl groups is 1. The molecule has 1 spiro atoms. The molecule has 2 aliphatic heterocycles. The Bertz CT molecular complexity index is 1510. The maximum atomic E-state index is 14.3. The van der Waals surface area contributed by atoms with E-state index < -0.39 is 23.9 Å². The number of hydrogen-bond acceptors (Lipinski definition) is 12. The molecule has 288 valence electrons. The Hall–Kier alpha value is -4.25. The Labute approximate surface area is 305 Å². The molecule has 52 heavy (non-hydrogen) atoms. The van der Waals surface area contributed by atoms with Gasteiger partial charge in [0.15, 0.2) is 5.82 Å². The summed E-state index contributed by atoms with van der Waals surface area (Å²) in [5.74, 6) is -1.95. The summed E-state index contributed by atoms with van der Waals surface area (Å²) < 4.78 is 25.6. The first-order chi connectivity index (χ1) is 24.6. The molecule has 0 radical (unpaired) electrons.